The van der Waals surface area contributed by atoms with Crippen LogP contribution in [0.1, 0.15) is 5.56 Å². The van der Waals surface area contributed by atoms with Crippen LogP contribution < -0.4 is 4.72 Å². The van der Waals surface area contributed by atoms with Crippen molar-refractivity contribution in [3.63, 3.8) is 0 Å². The normalized spacial score (nSPS) is 10.9. The summed E-state index contributed by atoms with van der Waals surface area (Å²) in [6.45, 7) is 0. The lowest BCUT2D eigenvalue weighted by atomic mass is 10.2. The van der Waals surface area contributed by atoms with Crippen LogP contribution in [0, 0.1) is 23.0 Å². The van der Waals surface area contributed by atoms with Crippen molar-refractivity contribution < 1.29 is 17.2 Å². The van der Waals surface area contributed by atoms with Crippen molar-refractivity contribution in [1.29, 1.82) is 5.26 Å². The molecule has 2 rings (SSSR count). The Bertz CT molecular complexity index is 797. The van der Waals surface area contributed by atoms with Gasteiger partial charge in [0, 0.05) is 0 Å². The summed E-state index contributed by atoms with van der Waals surface area (Å²) in [5, 5.41) is 8.54. The van der Waals surface area contributed by atoms with E-state index in [0.717, 1.165) is 12.1 Å². The van der Waals surface area contributed by atoms with Gasteiger partial charge in [0.25, 0.3) is 10.0 Å². The summed E-state index contributed by atoms with van der Waals surface area (Å²) < 4.78 is 52.7. The van der Waals surface area contributed by atoms with Crippen LogP contribution in [0.4, 0.5) is 14.5 Å². The average molecular weight is 308 g/mol. The Kier molecular flexibility index (Phi) is 4.19. The molecule has 2 aromatic rings. The smallest absolute Gasteiger partial charge is 0.261 e. The molecule has 0 spiro atoms. The molecule has 108 valence electrons. The zero-order valence-corrected chi connectivity index (χ0v) is 11.5. The molecule has 7 heteroatoms. The Morgan fingerprint density at radius 3 is 2.38 bits per heavy atom. The summed E-state index contributed by atoms with van der Waals surface area (Å²) in [5.74, 6) is -2.40. The molecule has 0 aliphatic heterocycles. The van der Waals surface area contributed by atoms with E-state index in [1.165, 1.54) is 30.3 Å². The molecule has 21 heavy (non-hydrogen) atoms. The lowest BCUT2D eigenvalue weighted by molar-refractivity contribution is 0.511. The molecule has 0 saturated carbocycles. The molecular formula is C14H10F2N2O2S. The Labute approximate surface area is 120 Å². The van der Waals surface area contributed by atoms with Gasteiger partial charge in [-0.05, 0) is 29.8 Å². The number of sulfonamides is 1. The number of nitrogens with zero attached hydrogens (tertiary/aromatic N) is 1. The van der Waals surface area contributed by atoms with E-state index >= 15 is 0 Å². The summed E-state index contributed by atoms with van der Waals surface area (Å²) in [4.78, 5) is -0.104. The molecule has 0 aromatic heterocycles. The minimum absolute atomic E-state index is 0.104. The molecule has 4 nitrogen and oxygen atoms in total. The van der Waals surface area contributed by atoms with Gasteiger partial charge in [0.05, 0.1) is 23.1 Å². The Balaban J connectivity index is 2.30. The molecule has 0 amide bonds. The van der Waals surface area contributed by atoms with Crippen molar-refractivity contribution in [1.82, 2.24) is 0 Å². The summed E-state index contributed by atoms with van der Waals surface area (Å²) in [6.07, 6.45) is 0.159. The van der Waals surface area contributed by atoms with E-state index in [2.05, 4.69) is 0 Å². The zero-order chi connectivity index (χ0) is 15.5. The van der Waals surface area contributed by atoms with E-state index in [0.29, 0.717) is 5.56 Å². The fraction of sp³-hybridized carbons (Fsp3) is 0.0714. The fourth-order valence-corrected chi connectivity index (χ4v) is 2.72. The summed E-state index contributed by atoms with van der Waals surface area (Å²) in [7, 11) is -4.02. The number of halogens is 2. The zero-order valence-electron chi connectivity index (χ0n) is 10.7. The van der Waals surface area contributed by atoms with E-state index in [4.69, 9.17) is 5.26 Å². The van der Waals surface area contributed by atoms with Crippen LogP contribution in [0.5, 0.6) is 0 Å². The van der Waals surface area contributed by atoms with Crippen molar-refractivity contribution in [3.8, 4) is 6.07 Å². The molecule has 0 atom stereocenters. The van der Waals surface area contributed by atoms with Gasteiger partial charge >= 0.3 is 0 Å². The molecule has 0 unspecified atom stereocenters. The van der Waals surface area contributed by atoms with Crippen LogP contribution in [0.25, 0.3) is 0 Å². The largest absolute Gasteiger partial charge is 0.277 e. The number of hydrogen-bond donors (Lipinski definition) is 1. The maximum atomic E-state index is 13.5. The Hall–Kier alpha value is -2.46. The van der Waals surface area contributed by atoms with Gasteiger partial charge in [-0.1, -0.05) is 18.2 Å². The van der Waals surface area contributed by atoms with Gasteiger partial charge in [-0.2, -0.15) is 5.26 Å². The Morgan fingerprint density at radius 2 is 1.76 bits per heavy atom. The number of nitriles is 1. The molecule has 0 heterocycles. The van der Waals surface area contributed by atoms with Crippen molar-refractivity contribution in [2.75, 3.05) is 4.72 Å². The van der Waals surface area contributed by atoms with Crippen LogP contribution in [0.2, 0.25) is 0 Å². The van der Waals surface area contributed by atoms with Crippen LogP contribution in [-0.2, 0) is 16.4 Å². The van der Waals surface area contributed by atoms with Crippen LogP contribution in [0.15, 0.2) is 47.4 Å². The van der Waals surface area contributed by atoms with Gasteiger partial charge in [-0.25, -0.2) is 17.2 Å². The highest BCUT2D eigenvalue weighted by atomic mass is 32.2. The van der Waals surface area contributed by atoms with E-state index in [1.807, 2.05) is 10.8 Å². The van der Waals surface area contributed by atoms with Crippen LogP contribution >= 0.6 is 0 Å². The molecule has 0 aliphatic rings. The van der Waals surface area contributed by atoms with Crippen LogP contribution in [-0.4, -0.2) is 8.42 Å². The third kappa shape index (κ3) is 3.35. The van der Waals surface area contributed by atoms with E-state index in [9.17, 15) is 17.2 Å². The monoisotopic (exact) mass is 308 g/mol. The molecule has 2 aromatic carbocycles. The number of benzene rings is 2. The maximum absolute atomic E-state index is 13.5. The Morgan fingerprint density at radius 1 is 1.10 bits per heavy atom. The van der Waals surface area contributed by atoms with Gasteiger partial charge in [0.2, 0.25) is 0 Å². The average Bonchev–Trinajstić information content (AvgIpc) is 2.45. The first kappa shape index (κ1) is 14.9. The highest BCUT2D eigenvalue weighted by Crippen LogP contribution is 2.21. The lowest BCUT2D eigenvalue weighted by Gasteiger charge is -2.09. The summed E-state index contributed by atoms with van der Waals surface area (Å²) in [6, 6.07) is 10.7. The van der Waals surface area contributed by atoms with E-state index in [1.54, 1.807) is 0 Å². The molecule has 0 bridgehead atoms. The van der Waals surface area contributed by atoms with E-state index < -0.39 is 27.3 Å². The molecular weight excluding hydrogens is 298 g/mol. The van der Waals surface area contributed by atoms with Gasteiger partial charge in [0.15, 0.2) is 11.6 Å². The number of nitrogens with one attached hydrogen (secondary N) is 1. The predicted octanol–water partition coefficient (Wildman–Crippen LogP) is 2.83. The molecule has 1 N–H and O–H groups in total. The minimum Gasteiger partial charge on any atom is -0.277 e. The first-order valence-electron chi connectivity index (χ1n) is 5.87. The lowest BCUT2D eigenvalue weighted by Crippen LogP contribution is -2.14. The standard InChI is InChI=1S/C14H10F2N2O2S/c15-12-2-1-3-13(14(12)16)18-21(19,20)11-6-4-10(5-7-11)8-9-17/h1-7,18H,8H2. The number of anilines is 1. The molecule has 0 fully saturated rings. The predicted molar refractivity (Wildman–Crippen MR) is 72.9 cm³/mol. The van der Waals surface area contributed by atoms with E-state index in [-0.39, 0.29) is 11.3 Å². The number of hydrogen-bond acceptors (Lipinski definition) is 3. The van der Waals surface area contributed by atoms with Crippen molar-refractivity contribution >= 4 is 15.7 Å². The summed E-state index contributed by atoms with van der Waals surface area (Å²) in [5.41, 5.74) is 0.199. The van der Waals surface area contributed by atoms with Gasteiger partial charge in [-0.15, -0.1) is 0 Å². The topological polar surface area (TPSA) is 70.0 Å². The second kappa shape index (κ2) is 5.89. The second-order valence-corrected chi connectivity index (χ2v) is 5.87. The van der Waals surface area contributed by atoms with Gasteiger partial charge in [0.1, 0.15) is 0 Å². The van der Waals surface area contributed by atoms with Crippen molar-refractivity contribution in [2.24, 2.45) is 0 Å². The van der Waals surface area contributed by atoms with Crippen molar-refractivity contribution in [3.05, 3.63) is 59.7 Å². The molecule has 0 aliphatic carbocycles. The molecule has 0 saturated heterocycles. The highest BCUT2D eigenvalue weighted by molar-refractivity contribution is 7.92. The number of rotatable bonds is 4. The quantitative estimate of drug-likeness (QED) is 0.944. The summed E-state index contributed by atoms with van der Waals surface area (Å²) >= 11 is 0. The minimum atomic E-state index is -4.02. The third-order valence-electron chi connectivity index (χ3n) is 2.71. The highest BCUT2D eigenvalue weighted by Gasteiger charge is 2.17. The van der Waals surface area contributed by atoms with Gasteiger partial charge in [-0.3, -0.25) is 4.72 Å². The third-order valence-corrected chi connectivity index (χ3v) is 4.09. The van der Waals surface area contributed by atoms with Crippen molar-refractivity contribution in [2.45, 2.75) is 11.3 Å². The first-order chi connectivity index (χ1) is 9.94. The van der Waals surface area contributed by atoms with Gasteiger partial charge < -0.3 is 0 Å². The maximum Gasteiger partial charge on any atom is 0.261 e. The molecule has 0 radical (unpaired) electrons. The SMILES string of the molecule is N#CCc1ccc(S(=O)(=O)Nc2cccc(F)c2F)cc1. The fourth-order valence-electron chi connectivity index (χ4n) is 1.66. The second-order valence-electron chi connectivity index (χ2n) is 4.19. The first-order valence-corrected chi connectivity index (χ1v) is 7.35. The van der Waals surface area contributed by atoms with Crippen LogP contribution in [0.3, 0.4) is 0 Å².